The van der Waals surface area contributed by atoms with Crippen LogP contribution in [0.2, 0.25) is 0 Å². The highest BCUT2D eigenvalue weighted by atomic mass is 19.3. The molecule has 2 amide bonds. The molecule has 0 aromatic heterocycles. The second-order valence-electron chi connectivity index (χ2n) is 19.5. The summed E-state index contributed by atoms with van der Waals surface area (Å²) in [7, 11) is 0. The van der Waals surface area contributed by atoms with E-state index in [-0.39, 0.29) is 59.7 Å². The maximum atomic E-state index is 14.8. The number of likely N-dealkylation sites (tertiary alicyclic amines) is 2. The molecule has 0 atom stereocenters. The zero-order valence-corrected chi connectivity index (χ0v) is 35.4. The van der Waals surface area contributed by atoms with Crippen molar-refractivity contribution in [3.63, 3.8) is 0 Å². The molecule has 2 saturated heterocycles. The van der Waals surface area contributed by atoms with Gasteiger partial charge in [0, 0.05) is 87.8 Å². The molecule has 2 aromatic rings. The molecule has 2 aliphatic heterocycles. The van der Waals surface area contributed by atoms with Gasteiger partial charge in [-0.25, -0.2) is 30.7 Å². The lowest BCUT2D eigenvalue weighted by Gasteiger charge is -2.60. The molecule has 356 valence electrons. The zero-order chi connectivity index (χ0) is 46.1. The summed E-state index contributed by atoms with van der Waals surface area (Å²) in [6.07, 6.45) is 6.48. The van der Waals surface area contributed by atoms with Crippen molar-refractivity contribution in [2.45, 2.75) is 114 Å². The van der Waals surface area contributed by atoms with Gasteiger partial charge in [-0.15, -0.1) is 0 Å². The number of carbonyl (C=O) groups is 2. The van der Waals surface area contributed by atoms with Gasteiger partial charge in [0.1, 0.15) is 28.8 Å². The molecule has 4 aliphatic carbocycles. The molecule has 0 radical (unpaired) electrons. The first-order valence-electron chi connectivity index (χ1n) is 22.1. The van der Waals surface area contributed by atoms with Crippen LogP contribution < -0.4 is 20.1 Å². The van der Waals surface area contributed by atoms with E-state index < -0.39 is 84.4 Å². The van der Waals surface area contributed by atoms with E-state index in [0.29, 0.717) is 39.0 Å². The van der Waals surface area contributed by atoms with Gasteiger partial charge in [0.05, 0.1) is 6.54 Å². The number of alkyl halides is 9. The molecule has 2 heterocycles. The number of benzene rings is 2. The molecule has 6 aliphatic rings. The molecule has 4 saturated carbocycles. The van der Waals surface area contributed by atoms with Gasteiger partial charge < -0.3 is 20.1 Å². The van der Waals surface area contributed by atoms with Crippen LogP contribution in [-0.4, -0.2) is 105 Å². The fraction of sp³-hybridized carbons (Fsp3) is 0.689. The van der Waals surface area contributed by atoms with Crippen LogP contribution in [0.3, 0.4) is 0 Å². The third kappa shape index (κ3) is 12.3. The van der Waals surface area contributed by atoms with Crippen molar-refractivity contribution in [1.29, 1.82) is 0 Å². The summed E-state index contributed by atoms with van der Waals surface area (Å²) in [5.41, 5.74) is -1.58. The number of hydrogen-bond donors (Lipinski definition) is 2. The lowest BCUT2D eigenvalue weighted by atomic mass is 9.57. The largest absolute Gasteiger partial charge is 0.435 e. The summed E-state index contributed by atoms with van der Waals surface area (Å²) in [6.45, 7) is -2.69. The van der Waals surface area contributed by atoms with Gasteiger partial charge in [-0.1, -0.05) is 19.3 Å². The first-order chi connectivity index (χ1) is 30.1. The van der Waals surface area contributed by atoms with Crippen molar-refractivity contribution in [1.82, 2.24) is 20.4 Å². The maximum absolute atomic E-state index is 14.8. The smallest absolute Gasteiger partial charge is 0.387 e. The molecular weight excluding hydrogens is 869 g/mol. The Bertz CT molecular complexity index is 1930. The highest BCUT2D eigenvalue weighted by Crippen LogP contribution is 2.54. The van der Waals surface area contributed by atoms with E-state index in [9.17, 15) is 57.9 Å². The fourth-order valence-electron chi connectivity index (χ4n) is 11.1. The van der Waals surface area contributed by atoms with Gasteiger partial charge in [-0.2, -0.15) is 17.6 Å². The van der Waals surface area contributed by atoms with Crippen molar-refractivity contribution in [3.8, 4) is 11.5 Å². The van der Waals surface area contributed by atoms with Gasteiger partial charge in [0.15, 0.2) is 0 Å². The van der Waals surface area contributed by atoms with Crippen LogP contribution >= 0.6 is 0 Å². The molecule has 19 heteroatoms. The molecule has 2 spiro atoms. The number of hydrogen-bond acceptors (Lipinski definition) is 6. The summed E-state index contributed by atoms with van der Waals surface area (Å²) >= 11 is 0. The van der Waals surface area contributed by atoms with Crippen molar-refractivity contribution >= 4 is 11.8 Å². The van der Waals surface area contributed by atoms with Crippen LogP contribution in [-0.2, 0) is 0 Å². The highest BCUT2D eigenvalue weighted by molar-refractivity contribution is 5.95. The van der Waals surface area contributed by atoms with E-state index in [1.54, 1.807) is 0 Å². The molecular formula is C45H55F11N4O4. The molecule has 2 aromatic carbocycles. The third-order valence-electron chi connectivity index (χ3n) is 14.0. The van der Waals surface area contributed by atoms with E-state index in [2.05, 4.69) is 20.1 Å². The number of nitrogens with one attached hydrogen (secondary N) is 2. The number of rotatable bonds is 15. The van der Waals surface area contributed by atoms with Gasteiger partial charge in [0.2, 0.25) is 5.92 Å². The Labute approximate surface area is 364 Å². The number of carbonyl (C=O) groups excluding carboxylic acids is 2. The maximum Gasteiger partial charge on any atom is 0.387 e. The summed E-state index contributed by atoms with van der Waals surface area (Å²) in [5.74, 6) is -9.08. The number of halogens is 11. The second-order valence-corrected chi connectivity index (χ2v) is 19.5. The highest BCUT2D eigenvalue weighted by Gasteiger charge is 2.56. The summed E-state index contributed by atoms with van der Waals surface area (Å²) in [5, 5.41) is 5.40. The Morgan fingerprint density at radius 3 is 1.53 bits per heavy atom. The van der Waals surface area contributed by atoms with Crippen LogP contribution in [0.5, 0.6) is 11.5 Å². The molecule has 0 unspecified atom stereocenters. The van der Waals surface area contributed by atoms with E-state index in [0.717, 1.165) is 94.4 Å². The van der Waals surface area contributed by atoms with Crippen LogP contribution in [0.15, 0.2) is 36.4 Å². The average molecular weight is 925 g/mol. The molecule has 64 heavy (non-hydrogen) atoms. The quantitative estimate of drug-likeness (QED) is 0.173. The van der Waals surface area contributed by atoms with Crippen molar-refractivity contribution in [2.75, 3.05) is 52.4 Å². The van der Waals surface area contributed by atoms with Crippen LogP contribution in [0.25, 0.3) is 0 Å². The molecule has 0 bridgehead atoms. The lowest BCUT2D eigenvalue weighted by Crippen LogP contribution is -2.65. The second kappa shape index (κ2) is 19.2. The number of nitrogens with zero attached hydrogens (tertiary/aromatic N) is 2. The van der Waals surface area contributed by atoms with Gasteiger partial charge in [-0.3, -0.25) is 19.4 Å². The Kier molecular flexibility index (Phi) is 14.4. The summed E-state index contributed by atoms with van der Waals surface area (Å²) in [4.78, 5) is 28.4. The fourth-order valence-corrected chi connectivity index (χ4v) is 11.1. The predicted octanol–water partition coefficient (Wildman–Crippen LogP) is 9.87. The van der Waals surface area contributed by atoms with E-state index >= 15 is 0 Å². The first kappa shape index (κ1) is 48.1. The molecule has 2 N–H and O–H groups in total. The predicted molar refractivity (Wildman–Crippen MR) is 213 cm³/mol. The summed E-state index contributed by atoms with van der Waals surface area (Å²) in [6, 6.07) is 5.62. The van der Waals surface area contributed by atoms with Crippen molar-refractivity contribution in [3.05, 3.63) is 59.2 Å². The third-order valence-corrected chi connectivity index (χ3v) is 14.0. The molecule has 8 nitrogen and oxygen atoms in total. The van der Waals surface area contributed by atoms with Gasteiger partial charge >= 0.3 is 13.2 Å². The lowest BCUT2D eigenvalue weighted by molar-refractivity contribution is -0.154. The standard InChI is InChI=1S/C23H29F5N2O2.C22H26F6N2O2/c24-18-6-16(7-19(8-18)32-21(25)26)20(31)29-11-15-9-22(10-15)12-30(13-22)14-23(27,28)17-4-2-1-3-5-17;23-16-5-15(6-17(7-16)32-19(24)25)18(31)29-10-14-8-20(9-14)11-30(12-20)13-21(26)1-3-22(27,28)4-2-21/h6-8,15,17,21H,1-5,9-14H2,(H,29,31);5-7,14,19H,1-4,8-13H2,(H,29,31). The van der Waals surface area contributed by atoms with Gasteiger partial charge in [-0.05, 0) is 98.3 Å². The van der Waals surface area contributed by atoms with E-state index in [4.69, 9.17) is 0 Å². The molecule has 8 rings (SSSR count). The Balaban J connectivity index is 0.000000191. The minimum atomic E-state index is -3.12. The average Bonchev–Trinajstić information content (AvgIpc) is 3.15. The minimum absolute atomic E-state index is 0.0647. The molecule has 6 fully saturated rings. The number of ether oxygens (including phenoxy) is 2. The van der Waals surface area contributed by atoms with Crippen molar-refractivity contribution in [2.24, 2.45) is 28.6 Å². The number of amides is 2. The van der Waals surface area contributed by atoms with E-state index in [1.807, 2.05) is 9.80 Å². The topological polar surface area (TPSA) is 83.1 Å². The van der Waals surface area contributed by atoms with Crippen LogP contribution in [0.4, 0.5) is 48.3 Å². The summed E-state index contributed by atoms with van der Waals surface area (Å²) < 4.78 is 155. The monoisotopic (exact) mass is 924 g/mol. The Morgan fingerprint density at radius 1 is 0.656 bits per heavy atom. The van der Waals surface area contributed by atoms with Crippen LogP contribution in [0, 0.1) is 40.2 Å². The van der Waals surface area contributed by atoms with Crippen LogP contribution in [0.1, 0.15) is 104 Å². The normalized spacial score (nSPS) is 23.0. The van der Waals surface area contributed by atoms with Gasteiger partial charge in [0.25, 0.3) is 17.7 Å². The van der Waals surface area contributed by atoms with E-state index in [1.165, 1.54) is 0 Å². The first-order valence-corrected chi connectivity index (χ1v) is 22.1. The zero-order valence-electron chi connectivity index (χ0n) is 35.4. The minimum Gasteiger partial charge on any atom is -0.435 e. The Hall–Kier alpha value is -3.87. The SMILES string of the molecule is O=C(NCC1CC2(C1)CN(CC(F)(F)C1CCCCC1)C2)c1cc(F)cc(OC(F)F)c1.O=C(NCC1CC2(C1)CN(CC1(F)CCC(F)(F)CC1)C2)c1cc(F)cc(OC(F)F)c1. The Morgan fingerprint density at radius 2 is 1.09 bits per heavy atom. The van der Waals surface area contributed by atoms with Crippen molar-refractivity contribution < 1.29 is 67.4 Å².